The van der Waals surface area contributed by atoms with Crippen molar-refractivity contribution in [2.24, 2.45) is 5.41 Å². The molecule has 33 heavy (non-hydrogen) atoms. The van der Waals surface area contributed by atoms with Crippen LogP contribution in [0.1, 0.15) is 39.5 Å². The molecule has 0 unspecified atom stereocenters. The Morgan fingerprint density at radius 2 is 2.00 bits per heavy atom. The van der Waals surface area contributed by atoms with Crippen LogP contribution in [0.15, 0.2) is 36.8 Å². The fourth-order valence-electron chi connectivity index (χ4n) is 5.26. The average Bonchev–Trinajstić information content (AvgIpc) is 2.77. The highest BCUT2D eigenvalue weighted by Crippen LogP contribution is 2.49. The molecule has 1 saturated carbocycles. The van der Waals surface area contributed by atoms with Crippen molar-refractivity contribution in [1.82, 2.24) is 20.2 Å². The van der Waals surface area contributed by atoms with E-state index in [0.717, 1.165) is 17.2 Å². The van der Waals surface area contributed by atoms with Gasteiger partial charge in [-0.2, -0.15) is 0 Å². The number of benzene rings is 1. The first-order valence-electron chi connectivity index (χ1n) is 11.1. The van der Waals surface area contributed by atoms with Crippen LogP contribution in [0.4, 0.5) is 14.7 Å². The van der Waals surface area contributed by atoms with Crippen molar-refractivity contribution in [2.45, 2.75) is 57.6 Å². The average molecular weight is 458 g/mol. The quantitative estimate of drug-likeness (QED) is 0.567. The van der Waals surface area contributed by atoms with Crippen LogP contribution in [-0.4, -0.2) is 57.5 Å². The monoisotopic (exact) mass is 457 g/mol. The van der Waals surface area contributed by atoms with E-state index in [1.54, 1.807) is 43.6 Å². The lowest BCUT2D eigenvalue weighted by Gasteiger charge is -2.50. The maximum atomic E-state index is 14.7. The number of likely N-dealkylation sites (N-methyl/N-ethyl adjacent to an activating group) is 1. The van der Waals surface area contributed by atoms with Gasteiger partial charge in [0.2, 0.25) is 5.95 Å². The van der Waals surface area contributed by atoms with Gasteiger partial charge in [-0.05, 0) is 30.0 Å². The Morgan fingerprint density at radius 3 is 2.67 bits per heavy atom. The van der Waals surface area contributed by atoms with Gasteiger partial charge in [-0.15, -0.1) is 10.2 Å². The van der Waals surface area contributed by atoms with E-state index in [-0.39, 0.29) is 24.5 Å². The standard InChI is InChI=1S/C24H29F2N5O2/c1-5-7-23(2)14-24(25,26)11-19(21(23)33-4)31(3)22-28-13-18(29-30-22)17-9-15-6-8-27-12-16(15)10-20(17)32/h6,8-10,12-13,19,21,32H,5,7,11,14H2,1-4H3/t19-,21+,23+/m0/s1. The van der Waals surface area contributed by atoms with Gasteiger partial charge in [0.25, 0.3) is 5.92 Å². The molecule has 1 aliphatic rings. The molecule has 9 heteroatoms. The summed E-state index contributed by atoms with van der Waals surface area (Å²) in [7, 11) is 3.27. The number of rotatable bonds is 6. The van der Waals surface area contributed by atoms with E-state index in [0.29, 0.717) is 17.7 Å². The van der Waals surface area contributed by atoms with Gasteiger partial charge >= 0.3 is 0 Å². The van der Waals surface area contributed by atoms with Gasteiger partial charge in [-0.25, -0.2) is 13.8 Å². The smallest absolute Gasteiger partial charge is 0.250 e. The fraction of sp³-hybridized carbons (Fsp3) is 0.500. The van der Waals surface area contributed by atoms with Crippen LogP contribution >= 0.6 is 0 Å². The first-order chi connectivity index (χ1) is 15.7. The maximum Gasteiger partial charge on any atom is 0.250 e. The molecule has 2 heterocycles. The van der Waals surface area contributed by atoms with Gasteiger partial charge in [0.1, 0.15) is 11.4 Å². The second-order valence-electron chi connectivity index (χ2n) is 9.21. The predicted octanol–water partition coefficient (Wildman–Crippen LogP) is 4.85. The van der Waals surface area contributed by atoms with Crippen molar-refractivity contribution < 1.29 is 18.6 Å². The molecule has 0 aliphatic heterocycles. The third kappa shape index (κ3) is 4.46. The van der Waals surface area contributed by atoms with Crippen molar-refractivity contribution in [3.8, 4) is 17.0 Å². The second kappa shape index (κ2) is 8.78. The lowest BCUT2D eigenvalue weighted by Crippen LogP contribution is -2.58. The minimum absolute atomic E-state index is 0.0365. The number of phenols is 1. The van der Waals surface area contributed by atoms with Crippen LogP contribution in [0.5, 0.6) is 5.75 Å². The molecular weight excluding hydrogens is 428 g/mol. The summed E-state index contributed by atoms with van der Waals surface area (Å²) in [5.74, 6) is -2.54. The number of pyridine rings is 1. The Labute approximate surface area is 191 Å². The number of ether oxygens (including phenoxy) is 1. The molecule has 1 aromatic carbocycles. The number of nitrogens with zero attached hydrogens (tertiary/aromatic N) is 5. The van der Waals surface area contributed by atoms with E-state index in [1.165, 1.54) is 6.20 Å². The second-order valence-corrected chi connectivity index (χ2v) is 9.21. The zero-order valence-corrected chi connectivity index (χ0v) is 19.3. The Kier molecular flexibility index (Phi) is 6.18. The van der Waals surface area contributed by atoms with Gasteiger partial charge in [0, 0.05) is 55.8 Å². The van der Waals surface area contributed by atoms with Crippen LogP contribution in [0, 0.1) is 5.41 Å². The summed E-state index contributed by atoms with van der Waals surface area (Å²) in [6, 6.07) is 4.63. The lowest BCUT2D eigenvalue weighted by molar-refractivity contribution is -0.150. The number of alkyl halides is 2. The molecule has 0 amide bonds. The molecule has 4 rings (SSSR count). The van der Waals surface area contributed by atoms with Crippen molar-refractivity contribution in [2.75, 3.05) is 19.1 Å². The maximum absolute atomic E-state index is 14.7. The van der Waals surface area contributed by atoms with Gasteiger partial charge in [-0.3, -0.25) is 4.98 Å². The number of anilines is 1. The molecule has 0 spiro atoms. The summed E-state index contributed by atoms with van der Waals surface area (Å²) in [5, 5.41) is 20.6. The van der Waals surface area contributed by atoms with E-state index >= 15 is 0 Å². The summed E-state index contributed by atoms with van der Waals surface area (Å²) >= 11 is 0. The van der Waals surface area contributed by atoms with Crippen molar-refractivity contribution >= 4 is 16.7 Å². The molecule has 176 valence electrons. The molecular formula is C24H29F2N5O2. The minimum atomic E-state index is -2.81. The molecule has 1 N–H and O–H groups in total. The summed E-state index contributed by atoms with van der Waals surface area (Å²) in [5.41, 5.74) is 0.206. The third-order valence-corrected chi connectivity index (χ3v) is 6.68. The van der Waals surface area contributed by atoms with E-state index < -0.39 is 23.5 Å². The number of hydrogen-bond acceptors (Lipinski definition) is 7. The van der Waals surface area contributed by atoms with Gasteiger partial charge in [-0.1, -0.05) is 20.3 Å². The topological polar surface area (TPSA) is 84.3 Å². The number of phenolic OH excluding ortho intramolecular Hbond substituents is 1. The Morgan fingerprint density at radius 1 is 1.21 bits per heavy atom. The van der Waals surface area contributed by atoms with Crippen molar-refractivity contribution in [3.05, 3.63) is 36.8 Å². The number of halogens is 2. The summed E-state index contributed by atoms with van der Waals surface area (Å²) < 4.78 is 35.3. The summed E-state index contributed by atoms with van der Waals surface area (Å²) in [6.45, 7) is 3.87. The highest BCUT2D eigenvalue weighted by molar-refractivity contribution is 5.89. The van der Waals surface area contributed by atoms with Crippen LogP contribution in [0.3, 0.4) is 0 Å². The van der Waals surface area contributed by atoms with Crippen LogP contribution in [0.25, 0.3) is 22.0 Å². The Hall–Kier alpha value is -2.94. The Bertz CT molecular complexity index is 1130. The Balaban J connectivity index is 1.64. The largest absolute Gasteiger partial charge is 0.507 e. The molecule has 3 aromatic rings. The van der Waals surface area contributed by atoms with Gasteiger partial charge in [0.05, 0.1) is 18.3 Å². The van der Waals surface area contributed by atoms with E-state index in [1.807, 2.05) is 19.9 Å². The van der Waals surface area contributed by atoms with Crippen LogP contribution in [-0.2, 0) is 4.74 Å². The van der Waals surface area contributed by atoms with Gasteiger partial charge < -0.3 is 14.7 Å². The zero-order chi connectivity index (χ0) is 23.8. The SMILES string of the molecule is CCC[C@]1(C)CC(F)(F)C[C@H](N(C)c2ncc(-c3cc4ccncc4cc3O)nn2)[C@H]1OC. The van der Waals surface area contributed by atoms with Gasteiger partial charge in [0.15, 0.2) is 0 Å². The molecule has 1 aliphatic carbocycles. The number of aromatic hydroxyl groups is 1. The summed E-state index contributed by atoms with van der Waals surface area (Å²) in [6.07, 6.45) is 5.32. The number of hydrogen-bond donors (Lipinski definition) is 1. The van der Waals surface area contributed by atoms with Crippen molar-refractivity contribution in [1.29, 1.82) is 0 Å². The molecule has 7 nitrogen and oxygen atoms in total. The molecule has 3 atom stereocenters. The first kappa shape index (κ1) is 23.2. The molecule has 0 radical (unpaired) electrons. The molecule has 0 saturated heterocycles. The highest BCUT2D eigenvalue weighted by Gasteiger charge is 2.54. The predicted molar refractivity (Wildman–Crippen MR) is 122 cm³/mol. The van der Waals surface area contributed by atoms with Crippen molar-refractivity contribution in [3.63, 3.8) is 0 Å². The summed E-state index contributed by atoms with van der Waals surface area (Å²) in [4.78, 5) is 10.1. The lowest BCUT2D eigenvalue weighted by atomic mass is 9.66. The third-order valence-electron chi connectivity index (χ3n) is 6.68. The van der Waals surface area contributed by atoms with E-state index in [4.69, 9.17) is 4.74 Å². The number of fused-ring (bicyclic) bond motifs is 1. The zero-order valence-electron chi connectivity index (χ0n) is 19.3. The molecule has 2 aromatic heterocycles. The van der Waals surface area contributed by atoms with E-state index in [2.05, 4.69) is 20.2 Å². The normalized spacial score (nSPS) is 24.7. The number of aromatic nitrogens is 4. The fourth-order valence-corrected chi connectivity index (χ4v) is 5.26. The number of methoxy groups -OCH3 is 1. The minimum Gasteiger partial charge on any atom is -0.507 e. The van der Waals surface area contributed by atoms with E-state index in [9.17, 15) is 13.9 Å². The van der Waals surface area contributed by atoms with Crippen LogP contribution < -0.4 is 4.90 Å². The first-order valence-corrected chi connectivity index (χ1v) is 11.1. The highest BCUT2D eigenvalue weighted by atomic mass is 19.3. The molecule has 1 fully saturated rings. The molecule has 0 bridgehead atoms. The van der Waals surface area contributed by atoms with Crippen LogP contribution in [0.2, 0.25) is 0 Å².